The van der Waals surface area contributed by atoms with Gasteiger partial charge in [0.15, 0.2) is 5.78 Å². The smallest absolute Gasteiger partial charge is 0.346 e. The Bertz CT molecular complexity index is 715. The second-order valence-electron chi connectivity index (χ2n) is 4.60. The van der Waals surface area contributed by atoms with E-state index in [0.717, 1.165) is 6.08 Å². The van der Waals surface area contributed by atoms with Gasteiger partial charge in [-0.25, -0.2) is 9.59 Å². The Morgan fingerprint density at radius 3 is 1.86 bits per heavy atom. The third-order valence-electron chi connectivity index (χ3n) is 2.92. The third kappa shape index (κ3) is 3.99. The fraction of sp³-hybridized carbons (Fsp3) is 0.0556. The van der Waals surface area contributed by atoms with Gasteiger partial charge < -0.3 is 4.74 Å². The number of hydrogen-bond acceptors (Lipinski definition) is 4. The van der Waals surface area contributed by atoms with Crippen LogP contribution in [0.15, 0.2) is 72.3 Å². The van der Waals surface area contributed by atoms with Crippen LogP contribution in [0, 0.1) is 0 Å². The predicted octanol–water partition coefficient (Wildman–Crippen LogP) is 3.20. The van der Waals surface area contributed by atoms with E-state index >= 15 is 0 Å². The number of carbonyl (C=O) groups excluding carboxylic acids is 3. The van der Waals surface area contributed by atoms with Gasteiger partial charge in [-0.2, -0.15) is 0 Å². The van der Waals surface area contributed by atoms with Gasteiger partial charge in [0.05, 0.1) is 5.56 Å². The standard InChI is InChI=1S/C18H14O4/c1-13(12-16(19)14-8-4-2-5-9-14)17(20)22-18(21)15-10-6-3-7-11-15/h2-12H,1H3. The monoisotopic (exact) mass is 294 g/mol. The van der Waals surface area contributed by atoms with E-state index in [0.29, 0.717) is 5.56 Å². The number of esters is 2. The van der Waals surface area contributed by atoms with E-state index < -0.39 is 11.9 Å². The van der Waals surface area contributed by atoms with E-state index in [9.17, 15) is 14.4 Å². The van der Waals surface area contributed by atoms with E-state index in [2.05, 4.69) is 0 Å². The molecule has 0 N–H and O–H groups in total. The molecule has 0 aliphatic rings. The van der Waals surface area contributed by atoms with E-state index in [4.69, 9.17) is 4.74 Å². The molecule has 0 aliphatic heterocycles. The number of allylic oxidation sites excluding steroid dienone is 1. The molecule has 0 bridgehead atoms. The first-order valence-electron chi connectivity index (χ1n) is 6.67. The van der Waals surface area contributed by atoms with Crippen molar-refractivity contribution in [2.75, 3.05) is 0 Å². The lowest BCUT2D eigenvalue weighted by Crippen LogP contribution is -2.14. The van der Waals surface area contributed by atoms with Crippen molar-refractivity contribution < 1.29 is 19.1 Å². The van der Waals surface area contributed by atoms with Gasteiger partial charge >= 0.3 is 11.9 Å². The molecule has 110 valence electrons. The SMILES string of the molecule is CC(=CC(=O)c1ccccc1)C(=O)OC(=O)c1ccccc1. The Morgan fingerprint density at radius 1 is 0.818 bits per heavy atom. The lowest BCUT2D eigenvalue weighted by Gasteiger charge is -2.03. The first-order chi connectivity index (χ1) is 10.6. The molecule has 0 amide bonds. The van der Waals surface area contributed by atoms with Crippen LogP contribution in [0.4, 0.5) is 0 Å². The van der Waals surface area contributed by atoms with Gasteiger partial charge in [0, 0.05) is 11.1 Å². The summed E-state index contributed by atoms with van der Waals surface area (Å²) in [6.45, 7) is 1.43. The van der Waals surface area contributed by atoms with Crippen LogP contribution < -0.4 is 0 Å². The van der Waals surface area contributed by atoms with Crippen molar-refractivity contribution in [2.45, 2.75) is 6.92 Å². The van der Waals surface area contributed by atoms with Crippen LogP contribution in [0.25, 0.3) is 0 Å². The second kappa shape index (κ2) is 7.13. The maximum absolute atomic E-state index is 11.9. The minimum Gasteiger partial charge on any atom is -0.386 e. The van der Waals surface area contributed by atoms with Gasteiger partial charge in [-0.05, 0) is 25.1 Å². The fourth-order valence-corrected chi connectivity index (χ4v) is 1.74. The van der Waals surface area contributed by atoms with Crippen LogP contribution in [0.2, 0.25) is 0 Å². The average Bonchev–Trinajstić information content (AvgIpc) is 2.56. The molecule has 0 heterocycles. The first kappa shape index (κ1) is 15.4. The molecule has 0 saturated heterocycles. The Morgan fingerprint density at radius 2 is 1.32 bits per heavy atom. The number of carbonyl (C=O) groups is 3. The topological polar surface area (TPSA) is 60.4 Å². The second-order valence-corrected chi connectivity index (χ2v) is 4.60. The molecule has 2 aromatic carbocycles. The largest absolute Gasteiger partial charge is 0.386 e. The van der Waals surface area contributed by atoms with Crippen molar-refractivity contribution in [1.29, 1.82) is 0 Å². The maximum Gasteiger partial charge on any atom is 0.346 e. The number of hydrogen-bond donors (Lipinski definition) is 0. The highest BCUT2D eigenvalue weighted by molar-refractivity contribution is 6.10. The summed E-state index contributed by atoms with van der Waals surface area (Å²) in [6.07, 6.45) is 1.16. The fourth-order valence-electron chi connectivity index (χ4n) is 1.74. The summed E-state index contributed by atoms with van der Waals surface area (Å²) in [4.78, 5) is 35.5. The van der Waals surface area contributed by atoms with Crippen LogP contribution in [-0.4, -0.2) is 17.7 Å². The third-order valence-corrected chi connectivity index (χ3v) is 2.92. The van der Waals surface area contributed by atoms with Crippen molar-refractivity contribution in [3.63, 3.8) is 0 Å². The lowest BCUT2D eigenvalue weighted by molar-refractivity contribution is -0.133. The molecule has 0 spiro atoms. The van der Waals surface area contributed by atoms with Crippen molar-refractivity contribution >= 4 is 17.7 Å². The first-order valence-corrected chi connectivity index (χ1v) is 6.67. The highest BCUT2D eigenvalue weighted by Crippen LogP contribution is 2.07. The number of benzene rings is 2. The van der Waals surface area contributed by atoms with E-state index in [1.807, 2.05) is 0 Å². The molecule has 0 aliphatic carbocycles. The molecular formula is C18H14O4. The van der Waals surface area contributed by atoms with Gasteiger partial charge in [-0.15, -0.1) is 0 Å². The van der Waals surface area contributed by atoms with Gasteiger partial charge in [0.1, 0.15) is 0 Å². The van der Waals surface area contributed by atoms with E-state index in [1.165, 1.54) is 6.92 Å². The molecule has 0 radical (unpaired) electrons. The van der Waals surface area contributed by atoms with Crippen molar-refractivity contribution in [1.82, 2.24) is 0 Å². The van der Waals surface area contributed by atoms with Gasteiger partial charge in [-0.3, -0.25) is 4.79 Å². The van der Waals surface area contributed by atoms with Gasteiger partial charge in [0.2, 0.25) is 0 Å². The van der Waals surface area contributed by atoms with E-state index in [-0.39, 0.29) is 16.9 Å². The zero-order valence-electron chi connectivity index (χ0n) is 12.0. The van der Waals surface area contributed by atoms with Crippen LogP contribution in [-0.2, 0) is 9.53 Å². The summed E-state index contributed by atoms with van der Waals surface area (Å²) >= 11 is 0. The number of rotatable bonds is 4. The number of ketones is 1. The van der Waals surface area contributed by atoms with Crippen LogP contribution in [0.1, 0.15) is 27.6 Å². The molecule has 2 aromatic rings. The molecule has 0 aromatic heterocycles. The molecule has 0 atom stereocenters. The Labute approximate surface area is 128 Å². The molecule has 2 rings (SSSR count). The van der Waals surface area contributed by atoms with Gasteiger partial charge in [0.25, 0.3) is 0 Å². The summed E-state index contributed by atoms with van der Waals surface area (Å²) in [7, 11) is 0. The number of ether oxygens (including phenoxy) is 1. The molecule has 4 heteroatoms. The quantitative estimate of drug-likeness (QED) is 0.376. The normalized spacial score (nSPS) is 10.9. The average molecular weight is 294 g/mol. The van der Waals surface area contributed by atoms with E-state index in [1.54, 1.807) is 60.7 Å². The zero-order chi connectivity index (χ0) is 15.9. The Kier molecular flexibility index (Phi) is 4.98. The Hall–Kier alpha value is -3.01. The van der Waals surface area contributed by atoms with Crippen LogP contribution >= 0.6 is 0 Å². The minimum absolute atomic E-state index is 0.0677. The predicted molar refractivity (Wildman–Crippen MR) is 81.4 cm³/mol. The van der Waals surface area contributed by atoms with Crippen molar-refractivity contribution in [3.8, 4) is 0 Å². The zero-order valence-corrected chi connectivity index (χ0v) is 12.0. The summed E-state index contributed by atoms with van der Waals surface area (Å²) in [5, 5.41) is 0. The van der Waals surface area contributed by atoms with Crippen molar-refractivity contribution in [2.24, 2.45) is 0 Å². The van der Waals surface area contributed by atoms with Crippen molar-refractivity contribution in [3.05, 3.63) is 83.4 Å². The lowest BCUT2D eigenvalue weighted by atomic mass is 10.1. The van der Waals surface area contributed by atoms with Crippen LogP contribution in [0.5, 0.6) is 0 Å². The highest BCUT2D eigenvalue weighted by atomic mass is 16.6. The molecule has 0 unspecified atom stereocenters. The molecule has 4 nitrogen and oxygen atoms in total. The summed E-state index contributed by atoms with van der Waals surface area (Å²) < 4.78 is 4.74. The molecule has 0 saturated carbocycles. The molecular weight excluding hydrogens is 280 g/mol. The maximum atomic E-state index is 11.9. The summed E-state index contributed by atoms with van der Waals surface area (Å²) in [5.74, 6) is -1.90. The van der Waals surface area contributed by atoms with Gasteiger partial charge in [-0.1, -0.05) is 48.5 Å². The van der Waals surface area contributed by atoms with Crippen LogP contribution in [0.3, 0.4) is 0 Å². The molecule has 0 fully saturated rings. The molecule has 22 heavy (non-hydrogen) atoms. The highest BCUT2D eigenvalue weighted by Gasteiger charge is 2.15. The minimum atomic E-state index is -0.835. The Balaban J connectivity index is 2.05. The summed E-state index contributed by atoms with van der Waals surface area (Å²) in [6, 6.07) is 16.7. The summed E-state index contributed by atoms with van der Waals surface area (Å²) in [5.41, 5.74) is 0.806.